The molecule has 1 heterocycles. The molecule has 2 aliphatic rings. The topological polar surface area (TPSA) is 29.9 Å². The third kappa shape index (κ3) is 2.71. The Kier molecular flexibility index (Phi) is 3.46. The number of hydrogen-bond donors (Lipinski definition) is 1. The van der Waals surface area contributed by atoms with Crippen LogP contribution in [0.5, 0.6) is 0 Å². The Bertz CT molecular complexity index is 346. The van der Waals surface area contributed by atoms with Crippen molar-refractivity contribution >= 4 is 0 Å². The summed E-state index contributed by atoms with van der Waals surface area (Å²) in [6.45, 7) is 0.949. The van der Waals surface area contributed by atoms with E-state index >= 15 is 0 Å². The van der Waals surface area contributed by atoms with Crippen LogP contribution in [0.1, 0.15) is 63.1 Å². The van der Waals surface area contributed by atoms with Gasteiger partial charge in [0, 0.05) is 18.8 Å². The van der Waals surface area contributed by atoms with Crippen molar-refractivity contribution in [3.8, 4) is 0 Å². The summed E-state index contributed by atoms with van der Waals surface area (Å²) in [5.41, 5.74) is 1.21. The first-order chi connectivity index (χ1) is 8.42. The van der Waals surface area contributed by atoms with Crippen LogP contribution in [0, 0.1) is 0 Å². The molecule has 1 aromatic heterocycles. The first kappa shape index (κ1) is 11.3. The van der Waals surface area contributed by atoms with Crippen LogP contribution in [0.4, 0.5) is 0 Å². The second-order valence-corrected chi connectivity index (χ2v) is 5.59. The van der Waals surface area contributed by atoms with E-state index in [-0.39, 0.29) is 0 Å². The number of nitrogens with zero attached hydrogens (tertiary/aromatic N) is 2. The molecule has 0 bridgehead atoms. The Morgan fingerprint density at radius 2 is 1.82 bits per heavy atom. The number of aromatic nitrogens is 2. The lowest BCUT2D eigenvalue weighted by molar-refractivity contribution is 0.455. The van der Waals surface area contributed by atoms with Crippen LogP contribution in [0.15, 0.2) is 12.3 Å². The van der Waals surface area contributed by atoms with Gasteiger partial charge in [0.25, 0.3) is 0 Å². The molecule has 0 spiro atoms. The number of hydrogen-bond acceptors (Lipinski definition) is 2. The molecule has 1 N–H and O–H groups in total. The summed E-state index contributed by atoms with van der Waals surface area (Å²) in [6, 6.07) is 3.60. The summed E-state index contributed by atoms with van der Waals surface area (Å²) in [5.74, 6) is 0. The molecule has 0 atom stereocenters. The van der Waals surface area contributed by atoms with Gasteiger partial charge < -0.3 is 5.32 Å². The van der Waals surface area contributed by atoms with Gasteiger partial charge >= 0.3 is 0 Å². The highest BCUT2D eigenvalue weighted by atomic mass is 15.3. The number of rotatable bonds is 4. The van der Waals surface area contributed by atoms with Crippen LogP contribution in [0.3, 0.4) is 0 Å². The Morgan fingerprint density at radius 1 is 1.12 bits per heavy atom. The Hall–Kier alpha value is -0.830. The standard InChI is InChI=1S/C14H23N3/c1-2-6-12(5-1)15-11-13-9-10-17(16-13)14-7-3-4-8-14/h9-10,12,14-15H,1-8,11H2. The molecular formula is C14H23N3. The maximum Gasteiger partial charge on any atom is 0.0762 e. The lowest BCUT2D eigenvalue weighted by atomic mass is 10.2. The van der Waals surface area contributed by atoms with E-state index in [1.165, 1.54) is 57.1 Å². The van der Waals surface area contributed by atoms with Crippen molar-refractivity contribution in [3.63, 3.8) is 0 Å². The molecule has 2 saturated carbocycles. The van der Waals surface area contributed by atoms with E-state index < -0.39 is 0 Å². The summed E-state index contributed by atoms with van der Waals surface area (Å²) in [6.07, 6.45) is 13.0. The Labute approximate surface area is 104 Å². The van der Waals surface area contributed by atoms with Crippen LogP contribution in [-0.4, -0.2) is 15.8 Å². The van der Waals surface area contributed by atoms with Gasteiger partial charge in [0.1, 0.15) is 0 Å². The molecule has 0 saturated heterocycles. The molecule has 3 rings (SSSR count). The largest absolute Gasteiger partial charge is 0.308 e. The predicted octanol–water partition coefficient (Wildman–Crippen LogP) is 3.03. The van der Waals surface area contributed by atoms with E-state index in [2.05, 4.69) is 22.3 Å². The summed E-state index contributed by atoms with van der Waals surface area (Å²) < 4.78 is 2.19. The van der Waals surface area contributed by atoms with Gasteiger partial charge in [-0.1, -0.05) is 25.7 Å². The van der Waals surface area contributed by atoms with Crippen LogP contribution < -0.4 is 5.32 Å². The third-order valence-corrected chi connectivity index (χ3v) is 4.29. The summed E-state index contributed by atoms with van der Waals surface area (Å²) in [7, 11) is 0. The molecule has 0 amide bonds. The Morgan fingerprint density at radius 3 is 2.59 bits per heavy atom. The van der Waals surface area contributed by atoms with Crippen molar-refractivity contribution in [2.24, 2.45) is 0 Å². The molecule has 0 aromatic carbocycles. The first-order valence-electron chi connectivity index (χ1n) is 7.19. The highest BCUT2D eigenvalue weighted by Gasteiger charge is 2.18. The minimum Gasteiger partial charge on any atom is -0.308 e. The summed E-state index contributed by atoms with van der Waals surface area (Å²) in [4.78, 5) is 0. The molecule has 0 aliphatic heterocycles. The zero-order chi connectivity index (χ0) is 11.5. The van der Waals surface area contributed by atoms with Gasteiger partial charge in [0.05, 0.1) is 11.7 Å². The maximum absolute atomic E-state index is 4.71. The van der Waals surface area contributed by atoms with Crippen LogP contribution >= 0.6 is 0 Å². The van der Waals surface area contributed by atoms with Crippen LogP contribution in [-0.2, 0) is 6.54 Å². The SMILES string of the molecule is c1cn(C2CCCC2)nc1CNC1CCCC1. The van der Waals surface area contributed by atoms with E-state index in [1.54, 1.807) is 0 Å². The fraction of sp³-hybridized carbons (Fsp3) is 0.786. The van der Waals surface area contributed by atoms with Gasteiger partial charge in [-0.25, -0.2) is 0 Å². The quantitative estimate of drug-likeness (QED) is 0.866. The fourth-order valence-corrected chi connectivity index (χ4v) is 3.22. The highest BCUT2D eigenvalue weighted by Crippen LogP contribution is 2.28. The lowest BCUT2D eigenvalue weighted by Gasteiger charge is -2.11. The molecule has 3 nitrogen and oxygen atoms in total. The zero-order valence-corrected chi connectivity index (χ0v) is 10.6. The van der Waals surface area contributed by atoms with Gasteiger partial charge in [-0.05, 0) is 31.7 Å². The molecule has 2 fully saturated rings. The van der Waals surface area contributed by atoms with Gasteiger partial charge in [-0.2, -0.15) is 5.10 Å². The minimum absolute atomic E-state index is 0.676. The van der Waals surface area contributed by atoms with Gasteiger partial charge in [-0.15, -0.1) is 0 Å². The van der Waals surface area contributed by atoms with Crippen molar-refractivity contribution in [2.45, 2.75) is 70.0 Å². The van der Waals surface area contributed by atoms with Gasteiger partial charge in [0.2, 0.25) is 0 Å². The monoisotopic (exact) mass is 233 g/mol. The second-order valence-electron chi connectivity index (χ2n) is 5.59. The van der Waals surface area contributed by atoms with Crippen molar-refractivity contribution in [1.82, 2.24) is 15.1 Å². The van der Waals surface area contributed by atoms with Gasteiger partial charge in [-0.3, -0.25) is 4.68 Å². The van der Waals surface area contributed by atoms with E-state index in [1.807, 2.05) is 0 Å². The molecular weight excluding hydrogens is 210 g/mol. The average molecular weight is 233 g/mol. The molecule has 94 valence electrons. The summed E-state index contributed by atoms with van der Waals surface area (Å²) in [5, 5.41) is 8.33. The normalized spacial score (nSPS) is 22.6. The van der Waals surface area contributed by atoms with Crippen molar-refractivity contribution < 1.29 is 0 Å². The third-order valence-electron chi connectivity index (χ3n) is 4.29. The van der Waals surface area contributed by atoms with Crippen molar-refractivity contribution in [2.75, 3.05) is 0 Å². The fourth-order valence-electron chi connectivity index (χ4n) is 3.22. The predicted molar refractivity (Wildman–Crippen MR) is 68.8 cm³/mol. The van der Waals surface area contributed by atoms with Crippen LogP contribution in [0.2, 0.25) is 0 Å². The highest BCUT2D eigenvalue weighted by molar-refractivity contribution is 5.00. The average Bonchev–Trinajstić information content (AvgIpc) is 3.09. The lowest BCUT2D eigenvalue weighted by Crippen LogP contribution is -2.25. The van der Waals surface area contributed by atoms with Crippen molar-refractivity contribution in [1.29, 1.82) is 0 Å². The first-order valence-corrected chi connectivity index (χ1v) is 7.19. The van der Waals surface area contributed by atoms with E-state index in [4.69, 9.17) is 5.10 Å². The molecule has 0 unspecified atom stereocenters. The molecule has 17 heavy (non-hydrogen) atoms. The van der Waals surface area contributed by atoms with E-state index in [9.17, 15) is 0 Å². The molecule has 1 aromatic rings. The van der Waals surface area contributed by atoms with Crippen LogP contribution in [0.25, 0.3) is 0 Å². The maximum atomic E-state index is 4.71. The van der Waals surface area contributed by atoms with Gasteiger partial charge in [0.15, 0.2) is 0 Å². The number of nitrogens with one attached hydrogen (secondary N) is 1. The van der Waals surface area contributed by atoms with E-state index in [0.717, 1.165) is 12.6 Å². The Balaban J connectivity index is 1.52. The smallest absolute Gasteiger partial charge is 0.0762 e. The second kappa shape index (κ2) is 5.21. The minimum atomic E-state index is 0.676. The van der Waals surface area contributed by atoms with Crippen molar-refractivity contribution in [3.05, 3.63) is 18.0 Å². The zero-order valence-electron chi connectivity index (χ0n) is 10.6. The molecule has 2 aliphatic carbocycles. The molecule has 3 heteroatoms. The van der Waals surface area contributed by atoms with E-state index in [0.29, 0.717) is 6.04 Å². The molecule has 0 radical (unpaired) electrons. The summed E-state index contributed by atoms with van der Waals surface area (Å²) >= 11 is 0.